The van der Waals surface area contributed by atoms with Crippen LogP contribution in [0.1, 0.15) is 12.5 Å². The van der Waals surface area contributed by atoms with E-state index in [2.05, 4.69) is 5.32 Å². The second kappa shape index (κ2) is 8.28. The van der Waals surface area contributed by atoms with Gasteiger partial charge in [0, 0.05) is 0 Å². The summed E-state index contributed by atoms with van der Waals surface area (Å²) >= 11 is 0. The molecule has 0 saturated carbocycles. The van der Waals surface area contributed by atoms with Crippen molar-refractivity contribution in [1.29, 1.82) is 0 Å². The number of β-amino-alcohol motifs (C(OH)–C–C–N with tert-alkyl or cyclic N) is 1. The molecule has 1 heterocycles. The number of urea groups is 1. The van der Waals surface area contributed by atoms with Crippen molar-refractivity contribution in [2.24, 2.45) is 0 Å². The number of amides is 3. The second-order valence-electron chi connectivity index (χ2n) is 7.67. The number of ether oxygens (including phenoxy) is 2. The molecule has 1 saturated heterocycles. The van der Waals surface area contributed by atoms with Gasteiger partial charge in [-0.05, 0) is 53.6 Å². The van der Waals surface area contributed by atoms with Crippen LogP contribution in [0.15, 0.2) is 66.7 Å². The van der Waals surface area contributed by atoms with E-state index in [1.54, 1.807) is 38.3 Å². The number of rotatable bonds is 7. The van der Waals surface area contributed by atoms with Crippen LogP contribution in [0.2, 0.25) is 0 Å². The fourth-order valence-electron chi connectivity index (χ4n) is 3.69. The number of hydrogen-bond donors (Lipinski definition) is 2. The Labute approximate surface area is 180 Å². The number of aliphatic hydroxyl groups is 1. The molecule has 0 aliphatic carbocycles. The summed E-state index contributed by atoms with van der Waals surface area (Å²) in [5.74, 6) is 0.842. The third kappa shape index (κ3) is 4.04. The van der Waals surface area contributed by atoms with E-state index in [0.29, 0.717) is 17.1 Å². The van der Waals surface area contributed by atoms with Gasteiger partial charge in [-0.1, -0.05) is 36.4 Å². The molecule has 0 aromatic heterocycles. The van der Waals surface area contributed by atoms with E-state index >= 15 is 0 Å². The summed E-state index contributed by atoms with van der Waals surface area (Å²) in [7, 11) is 1.57. The minimum atomic E-state index is -1.20. The number of imide groups is 1. The van der Waals surface area contributed by atoms with Crippen molar-refractivity contribution >= 4 is 22.7 Å². The number of benzene rings is 3. The number of carbonyl (C=O) groups is 2. The molecule has 4 rings (SSSR count). The molecule has 3 aromatic carbocycles. The van der Waals surface area contributed by atoms with E-state index < -0.39 is 23.6 Å². The molecule has 2 atom stereocenters. The van der Waals surface area contributed by atoms with Gasteiger partial charge < -0.3 is 19.9 Å². The molecular formula is C24H24N2O5. The molecule has 2 N–H and O–H groups in total. The van der Waals surface area contributed by atoms with Crippen molar-refractivity contribution in [2.75, 3.05) is 20.3 Å². The lowest BCUT2D eigenvalue weighted by Gasteiger charge is -2.23. The van der Waals surface area contributed by atoms with Crippen molar-refractivity contribution in [1.82, 2.24) is 10.2 Å². The minimum absolute atomic E-state index is 0.0594. The Kier molecular flexibility index (Phi) is 5.52. The van der Waals surface area contributed by atoms with Gasteiger partial charge >= 0.3 is 6.03 Å². The van der Waals surface area contributed by atoms with Gasteiger partial charge in [0.1, 0.15) is 29.7 Å². The lowest BCUT2D eigenvalue weighted by atomic mass is 9.90. The normalized spacial score (nSPS) is 19.4. The molecule has 1 aliphatic heterocycles. The molecule has 7 heteroatoms. The number of carbonyl (C=O) groups excluding carboxylic acids is 2. The van der Waals surface area contributed by atoms with E-state index in [4.69, 9.17) is 9.47 Å². The zero-order valence-electron chi connectivity index (χ0n) is 17.4. The van der Waals surface area contributed by atoms with Gasteiger partial charge in [-0.2, -0.15) is 0 Å². The summed E-state index contributed by atoms with van der Waals surface area (Å²) in [6.07, 6.45) is -1.03. The second-order valence-corrected chi connectivity index (χ2v) is 7.67. The minimum Gasteiger partial charge on any atom is -0.497 e. The summed E-state index contributed by atoms with van der Waals surface area (Å²) in [5.41, 5.74) is -0.506. The molecule has 2 unspecified atom stereocenters. The zero-order chi connectivity index (χ0) is 22.0. The highest BCUT2D eigenvalue weighted by molar-refractivity contribution is 6.07. The van der Waals surface area contributed by atoms with Crippen LogP contribution in [0.25, 0.3) is 10.8 Å². The molecule has 3 amide bonds. The van der Waals surface area contributed by atoms with Gasteiger partial charge in [0.25, 0.3) is 5.91 Å². The Balaban J connectivity index is 1.44. The van der Waals surface area contributed by atoms with Crippen LogP contribution < -0.4 is 14.8 Å². The monoisotopic (exact) mass is 420 g/mol. The maximum atomic E-state index is 13.1. The molecule has 3 aromatic rings. The number of aliphatic hydroxyl groups excluding tert-OH is 1. The topological polar surface area (TPSA) is 88.1 Å². The molecule has 31 heavy (non-hydrogen) atoms. The highest BCUT2D eigenvalue weighted by Crippen LogP contribution is 2.31. The van der Waals surface area contributed by atoms with Crippen molar-refractivity contribution < 1.29 is 24.2 Å². The maximum absolute atomic E-state index is 13.1. The number of fused-ring (bicyclic) bond motifs is 1. The van der Waals surface area contributed by atoms with E-state index in [1.807, 2.05) is 42.5 Å². The largest absolute Gasteiger partial charge is 0.497 e. The Morgan fingerprint density at radius 1 is 1.00 bits per heavy atom. The number of methoxy groups -OCH3 is 1. The van der Waals surface area contributed by atoms with E-state index in [-0.39, 0.29) is 13.2 Å². The van der Waals surface area contributed by atoms with Crippen molar-refractivity contribution in [3.8, 4) is 11.5 Å². The molecule has 7 nitrogen and oxygen atoms in total. The van der Waals surface area contributed by atoms with Gasteiger partial charge in [-0.15, -0.1) is 0 Å². The standard InChI is InChI=1S/C24H24N2O5/c1-24(18-8-7-16-5-3-4-6-17(16)13-18)22(28)26(23(29)25-24)14-19(27)15-31-21-11-9-20(30-2)10-12-21/h3-13,19,27H,14-15H2,1-2H3,(H,25,29). The summed E-state index contributed by atoms with van der Waals surface area (Å²) in [5, 5.41) is 15.2. The van der Waals surface area contributed by atoms with Crippen LogP contribution >= 0.6 is 0 Å². The molecular weight excluding hydrogens is 396 g/mol. The average Bonchev–Trinajstić information content (AvgIpc) is 3.01. The van der Waals surface area contributed by atoms with Gasteiger partial charge in [-0.25, -0.2) is 4.79 Å². The van der Waals surface area contributed by atoms with Crippen LogP contribution in [0.4, 0.5) is 4.79 Å². The van der Waals surface area contributed by atoms with Crippen LogP contribution in [0.5, 0.6) is 11.5 Å². The predicted molar refractivity (Wildman–Crippen MR) is 116 cm³/mol. The van der Waals surface area contributed by atoms with Crippen molar-refractivity contribution in [3.63, 3.8) is 0 Å². The highest BCUT2D eigenvalue weighted by Gasteiger charge is 2.49. The molecule has 0 bridgehead atoms. The van der Waals surface area contributed by atoms with Crippen LogP contribution in [-0.2, 0) is 10.3 Å². The molecule has 1 aliphatic rings. The Bertz CT molecular complexity index is 1110. The van der Waals surface area contributed by atoms with E-state index in [1.165, 1.54) is 0 Å². The zero-order valence-corrected chi connectivity index (χ0v) is 17.4. The van der Waals surface area contributed by atoms with Crippen molar-refractivity contribution in [2.45, 2.75) is 18.6 Å². The van der Waals surface area contributed by atoms with Crippen molar-refractivity contribution in [3.05, 3.63) is 72.3 Å². The number of nitrogens with zero attached hydrogens (tertiary/aromatic N) is 1. The lowest BCUT2D eigenvalue weighted by Crippen LogP contribution is -2.42. The first-order chi connectivity index (χ1) is 14.9. The summed E-state index contributed by atoms with van der Waals surface area (Å²) in [6, 6.07) is 19.9. The summed E-state index contributed by atoms with van der Waals surface area (Å²) < 4.78 is 10.7. The average molecular weight is 420 g/mol. The van der Waals surface area contributed by atoms with Crippen LogP contribution in [0.3, 0.4) is 0 Å². The smallest absolute Gasteiger partial charge is 0.325 e. The van der Waals surface area contributed by atoms with Gasteiger partial charge in [0.15, 0.2) is 0 Å². The number of hydrogen-bond acceptors (Lipinski definition) is 5. The highest BCUT2D eigenvalue weighted by atomic mass is 16.5. The molecule has 0 spiro atoms. The fourth-order valence-corrected chi connectivity index (χ4v) is 3.69. The Morgan fingerprint density at radius 3 is 2.39 bits per heavy atom. The third-order valence-corrected chi connectivity index (χ3v) is 5.50. The quantitative estimate of drug-likeness (QED) is 0.574. The first kappa shape index (κ1) is 20.7. The van der Waals surface area contributed by atoms with Gasteiger partial charge in [-0.3, -0.25) is 9.69 Å². The molecule has 0 radical (unpaired) electrons. The van der Waals surface area contributed by atoms with Crippen LogP contribution in [-0.4, -0.2) is 48.3 Å². The first-order valence-electron chi connectivity index (χ1n) is 9.99. The van der Waals surface area contributed by atoms with Gasteiger partial charge in [0.05, 0.1) is 13.7 Å². The SMILES string of the molecule is COc1ccc(OCC(O)CN2C(=O)NC(C)(c3ccc4ccccc4c3)C2=O)cc1. The molecule has 1 fully saturated rings. The first-order valence-corrected chi connectivity index (χ1v) is 9.99. The van der Waals surface area contributed by atoms with E-state index in [0.717, 1.165) is 15.7 Å². The van der Waals surface area contributed by atoms with E-state index in [9.17, 15) is 14.7 Å². The Hall–Kier alpha value is -3.58. The van der Waals surface area contributed by atoms with Gasteiger partial charge in [0.2, 0.25) is 0 Å². The molecule has 160 valence electrons. The fraction of sp³-hybridized carbons (Fsp3) is 0.250. The number of nitrogens with one attached hydrogen (secondary N) is 1. The summed E-state index contributed by atoms with van der Waals surface area (Å²) in [6.45, 7) is 1.46. The predicted octanol–water partition coefficient (Wildman–Crippen LogP) is 3.06. The van der Waals surface area contributed by atoms with Crippen LogP contribution in [0, 0.1) is 0 Å². The Morgan fingerprint density at radius 2 is 1.68 bits per heavy atom. The summed E-state index contributed by atoms with van der Waals surface area (Å²) in [4.78, 5) is 26.7. The maximum Gasteiger partial charge on any atom is 0.325 e. The third-order valence-electron chi connectivity index (χ3n) is 5.50. The lowest BCUT2D eigenvalue weighted by molar-refractivity contribution is -0.132.